The molecule has 7 heteroatoms. The number of amides is 1. The van der Waals surface area contributed by atoms with Gasteiger partial charge in [-0.05, 0) is 49.2 Å². The minimum atomic E-state index is 0.0207. The van der Waals surface area contributed by atoms with Crippen LogP contribution >= 0.6 is 0 Å². The Morgan fingerprint density at radius 2 is 2.15 bits per heavy atom. The van der Waals surface area contributed by atoms with E-state index >= 15 is 0 Å². The first-order valence-electron chi connectivity index (χ1n) is 9.20. The Bertz CT molecular complexity index is 988. The highest BCUT2D eigenvalue weighted by molar-refractivity contribution is 5.96. The van der Waals surface area contributed by atoms with Crippen LogP contribution in [-0.2, 0) is 4.79 Å². The zero-order chi connectivity index (χ0) is 19.0. The number of allylic oxidation sites excluding steroid dienone is 2. The Morgan fingerprint density at radius 3 is 2.78 bits per heavy atom. The van der Waals surface area contributed by atoms with E-state index in [0.717, 1.165) is 56.5 Å². The molecule has 0 saturated carbocycles. The number of likely N-dealkylation sites (tertiary alicyclic amines) is 1. The van der Waals surface area contributed by atoms with Gasteiger partial charge in [0.2, 0.25) is 5.91 Å². The number of nitrogens with two attached hydrogens (primary N) is 1. The third-order valence-electron chi connectivity index (χ3n) is 6.07. The van der Waals surface area contributed by atoms with Gasteiger partial charge in [0.05, 0.1) is 16.6 Å². The maximum atomic E-state index is 11.8. The number of carbonyl (C=O) groups excluding carboxylic acids is 1. The lowest BCUT2D eigenvalue weighted by molar-refractivity contribution is -0.128. The summed E-state index contributed by atoms with van der Waals surface area (Å²) in [7, 11) is 0. The van der Waals surface area contributed by atoms with Crippen LogP contribution in [0.3, 0.4) is 0 Å². The van der Waals surface area contributed by atoms with Crippen molar-refractivity contribution < 1.29 is 4.79 Å². The number of piperidine rings is 1. The molecule has 2 aliphatic rings. The van der Waals surface area contributed by atoms with Crippen LogP contribution in [0.5, 0.6) is 0 Å². The van der Waals surface area contributed by atoms with Gasteiger partial charge in [0.15, 0.2) is 0 Å². The molecule has 1 amide bonds. The predicted molar refractivity (Wildman–Crippen MR) is 103 cm³/mol. The second kappa shape index (κ2) is 6.54. The van der Waals surface area contributed by atoms with Crippen LogP contribution in [-0.4, -0.2) is 38.8 Å². The number of hydrogen-bond acceptors (Lipinski definition) is 5. The molecule has 27 heavy (non-hydrogen) atoms. The van der Waals surface area contributed by atoms with Crippen LogP contribution in [0.2, 0.25) is 0 Å². The molecule has 0 radical (unpaired) electrons. The van der Waals surface area contributed by atoms with Gasteiger partial charge in [-0.2, -0.15) is 5.26 Å². The van der Waals surface area contributed by atoms with Gasteiger partial charge in [0.1, 0.15) is 23.9 Å². The Kier molecular flexibility index (Phi) is 4.19. The molecule has 3 N–H and O–H groups in total. The highest BCUT2D eigenvalue weighted by Crippen LogP contribution is 2.46. The third-order valence-corrected chi connectivity index (χ3v) is 6.07. The van der Waals surface area contributed by atoms with Crippen molar-refractivity contribution in [3.05, 3.63) is 36.3 Å². The van der Waals surface area contributed by atoms with Crippen molar-refractivity contribution in [2.45, 2.75) is 32.1 Å². The summed E-state index contributed by atoms with van der Waals surface area (Å²) in [6.07, 6.45) is 9.95. The minimum Gasteiger partial charge on any atom is -0.383 e. The van der Waals surface area contributed by atoms with Gasteiger partial charge in [-0.25, -0.2) is 9.97 Å². The van der Waals surface area contributed by atoms with Crippen molar-refractivity contribution in [2.24, 2.45) is 5.41 Å². The summed E-state index contributed by atoms with van der Waals surface area (Å²) >= 11 is 0. The standard InChI is InChI=1S/C20H22N6O/c1-2-15(27)26-9-7-20(8-10-26)5-3-13(4-6-20)17-14(11-21)16-18(22)23-12-24-19(16)25-17/h2-3,12H,1,4-10H2,(H3,22,23,24,25). The normalized spacial score (nSPS) is 18.9. The van der Waals surface area contributed by atoms with E-state index in [4.69, 9.17) is 5.73 Å². The third kappa shape index (κ3) is 2.87. The van der Waals surface area contributed by atoms with Gasteiger partial charge in [-0.1, -0.05) is 12.7 Å². The SMILES string of the molecule is C=CC(=O)N1CCC2(CC=C(c3[nH]c4ncnc(N)c4c3C#N)CC2)CC1. The Balaban J connectivity index is 1.58. The number of nitrogen functional groups attached to an aromatic ring is 1. The molecule has 3 heterocycles. The van der Waals surface area contributed by atoms with Crippen LogP contribution in [0.4, 0.5) is 5.82 Å². The largest absolute Gasteiger partial charge is 0.383 e. The van der Waals surface area contributed by atoms with E-state index in [1.807, 2.05) is 4.90 Å². The fraction of sp³-hybridized carbons (Fsp3) is 0.400. The number of rotatable bonds is 2. The average Bonchev–Trinajstić information content (AvgIpc) is 3.08. The smallest absolute Gasteiger partial charge is 0.245 e. The summed E-state index contributed by atoms with van der Waals surface area (Å²) in [6, 6.07) is 2.27. The summed E-state index contributed by atoms with van der Waals surface area (Å²) in [5, 5.41) is 10.3. The Labute approximate surface area is 157 Å². The highest BCUT2D eigenvalue weighted by atomic mass is 16.2. The molecule has 138 valence electrons. The molecule has 1 fully saturated rings. The average molecular weight is 362 g/mol. The van der Waals surface area contributed by atoms with E-state index in [1.165, 1.54) is 12.4 Å². The monoisotopic (exact) mass is 362 g/mol. The zero-order valence-corrected chi connectivity index (χ0v) is 15.2. The maximum absolute atomic E-state index is 11.8. The summed E-state index contributed by atoms with van der Waals surface area (Å²) in [5.41, 5.74) is 9.28. The molecule has 2 aromatic heterocycles. The molecule has 0 aromatic carbocycles. The van der Waals surface area contributed by atoms with Gasteiger partial charge < -0.3 is 15.6 Å². The van der Waals surface area contributed by atoms with Crippen molar-refractivity contribution >= 4 is 28.3 Å². The minimum absolute atomic E-state index is 0.0207. The molecule has 0 atom stereocenters. The molecular formula is C20H22N6O. The van der Waals surface area contributed by atoms with Crippen LogP contribution in [0.15, 0.2) is 25.1 Å². The number of fused-ring (bicyclic) bond motifs is 1. The van der Waals surface area contributed by atoms with Crippen LogP contribution in [0.25, 0.3) is 16.6 Å². The summed E-state index contributed by atoms with van der Waals surface area (Å²) in [6.45, 7) is 5.15. The number of carbonyl (C=O) groups is 1. The number of H-pyrrole nitrogens is 1. The van der Waals surface area contributed by atoms with Gasteiger partial charge in [-0.15, -0.1) is 0 Å². The molecule has 0 bridgehead atoms. The number of nitrogens with one attached hydrogen (secondary N) is 1. The lowest BCUT2D eigenvalue weighted by Crippen LogP contribution is -2.43. The van der Waals surface area contributed by atoms with E-state index < -0.39 is 0 Å². The van der Waals surface area contributed by atoms with Gasteiger partial charge in [0, 0.05) is 13.1 Å². The predicted octanol–water partition coefficient (Wildman–Crippen LogP) is 2.77. The molecule has 1 aliphatic heterocycles. The molecule has 1 aliphatic carbocycles. The Morgan fingerprint density at radius 1 is 1.37 bits per heavy atom. The second-order valence-corrected chi connectivity index (χ2v) is 7.43. The fourth-order valence-electron chi connectivity index (χ4n) is 4.35. The first-order valence-corrected chi connectivity index (χ1v) is 9.20. The maximum Gasteiger partial charge on any atom is 0.245 e. The van der Waals surface area contributed by atoms with Crippen molar-refractivity contribution in [1.29, 1.82) is 5.26 Å². The summed E-state index contributed by atoms with van der Waals surface area (Å²) in [5.74, 6) is 0.346. The lowest BCUT2D eigenvalue weighted by atomic mass is 9.68. The van der Waals surface area contributed by atoms with Crippen LogP contribution in [0.1, 0.15) is 43.4 Å². The number of aromatic amines is 1. The van der Waals surface area contributed by atoms with Crippen molar-refractivity contribution in [1.82, 2.24) is 19.9 Å². The van der Waals surface area contributed by atoms with Crippen molar-refractivity contribution in [3.8, 4) is 6.07 Å². The number of hydrogen-bond donors (Lipinski definition) is 2. The quantitative estimate of drug-likeness (QED) is 0.798. The zero-order valence-electron chi connectivity index (χ0n) is 15.2. The fourth-order valence-corrected chi connectivity index (χ4v) is 4.35. The topological polar surface area (TPSA) is 112 Å². The molecule has 4 rings (SSSR count). The molecule has 1 saturated heterocycles. The van der Waals surface area contributed by atoms with Gasteiger partial charge in [-0.3, -0.25) is 4.79 Å². The number of nitrogens with zero attached hydrogens (tertiary/aromatic N) is 4. The summed E-state index contributed by atoms with van der Waals surface area (Å²) < 4.78 is 0. The van der Waals surface area contributed by atoms with Gasteiger partial charge in [0.25, 0.3) is 0 Å². The van der Waals surface area contributed by atoms with Crippen molar-refractivity contribution in [3.63, 3.8) is 0 Å². The van der Waals surface area contributed by atoms with Crippen LogP contribution in [0, 0.1) is 16.7 Å². The first-order chi connectivity index (χ1) is 13.1. The van der Waals surface area contributed by atoms with E-state index in [1.54, 1.807) is 0 Å². The molecular weight excluding hydrogens is 340 g/mol. The second-order valence-electron chi connectivity index (χ2n) is 7.43. The number of anilines is 1. The molecule has 2 aromatic rings. The Hall–Kier alpha value is -3.14. The lowest BCUT2D eigenvalue weighted by Gasteiger charge is -2.43. The molecule has 1 spiro atoms. The van der Waals surface area contributed by atoms with E-state index in [9.17, 15) is 10.1 Å². The van der Waals surface area contributed by atoms with E-state index in [2.05, 4.69) is 33.7 Å². The van der Waals surface area contributed by atoms with E-state index in [-0.39, 0.29) is 11.3 Å². The van der Waals surface area contributed by atoms with Crippen LogP contribution < -0.4 is 5.73 Å². The summed E-state index contributed by atoms with van der Waals surface area (Å²) in [4.78, 5) is 25.2. The number of aromatic nitrogens is 3. The molecule has 0 unspecified atom stereocenters. The van der Waals surface area contributed by atoms with Crippen molar-refractivity contribution in [2.75, 3.05) is 18.8 Å². The highest BCUT2D eigenvalue weighted by Gasteiger charge is 2.37. The van der Waals surface area contributed by atoms with E-state index in [0.29, 0.717) is 22.4 Å². The first kappa shape index (κ1) is 17.3. The molecule has 7 nitrogen and oxygen atoms in total. The van der Waals surface area contributed by atoms with Gasteiger partial charge >= 0.3 is 0 Å². The number of nitriles is 1.